The van der Waals surface area contributed by atoms with Crippen LogP contribution >= 0.6 is 0 Å². The number of ether oxygens (including phenoxy) is 16. The van der Waals surface area contributed by atoms with Crippen LogP contribution in [0, 0.1) is 0 Å². The SMILES string of the molecule is CC(=O)OCC1OC(OCC2OC(OC3(COC(C)=O)OC(COC(C)=O)C(OC(C)=O)C3OC(C)=O)C(OC(C)=O)C(OC(C)=O)C2OC(C)=O)C(OC(C)=O)C(OC(C)=O)C1OC(C)=O. The fourth-order valence-electron chi connectivity index (χ4n) is 7.07. The van der Waals surface area contributed by atoms with Crippen LogP contribution in [0.4, 0.5) is 0 Å². The molecule has 0 N–H and O–H groups in total. The lowest BCUT2D eigenvalue weighted by Crippen LogP contribution is -2.66. The van der Waals surface area contributed by atoms with Gasteiger partial charge in [0.05, 0.1) is 6.61 Å². The molecular weight excluding hydrogens is 912 g/mol. The Morgan fingerprint density at radius 1 is 0.358 bits per heavy atom. The van der Waals surface area contributed by atoms with Crippen molar-refractivity contribution in [2.75, 3.05) is 26.4 Å². The smallest absolute Gasteiger partial charge is 0.303 e. The fourth-order valence-corrected chi connectivity index (χ4v) is 7.07. The third-order valence-electron chi connectivity index (χ3n) is 9.16. The zero-order valence-corrected chi connectivity index (χ0v) is 38.4. The van der Waals surface area contributed by atoms with E-state index in [0.717, 1.165) is 76.2 Å². The van der Waals surface area contributed by atoms with E-state index in [4.69, 9.17) is 75.8 Å². The highest BCUT2D eigenvalue weighted by Gasteiger charge is 2.65. The van der Waals surface area contributed by atoms with E-state index in [1.54, 1.807) is 0 Å². The van der Waals surface area contributed by atoms with Crippen LogP contribution in [0.25, 0.3) is 0 Å². The predicted molar refractivity (Wildman–Crippen MR) is 206 cm³/mol. The van der Waals surface area contributed by atoms with E-state index in [1.165, 1.54) is 0 Å². The Morgan fingerprint density at radius 3 is 1.12 bits per heavy atom. The molecule has 0 bridgehead atoms. The van der Waals surface area contributed by atoms with Crippen LogP contribution in [-0.4, -0.2) is 178 Å². The number of carbonyl (C=O) groups is 11. The standard InChI is InChI=1S/C40H54O27/c1-16(41)52-12-27-30(56-19(4)44)33(59-22(7)47)35(61-24(9)49)38(64-27)54-13-28-31(57-20(5)45)34(60-23(8)48)36(62-25(10)50)39(65-28)67-40(15-55-18(3)43)37(63-26(11)51)32(58-21(6)46)29(66-40)14-53-17(2)42/h27-39H,12-15H2,1-11H3. The second kappa shape index (κ2) is 24.7. The number of rotatable bonds is 19. The minimum absolute atomic E-state index is 0.650. The largest absolute Gasteiger partial charge is 0.463 e. The third-order valence-corrected chi connectivity index (χ3v) is 9.16. The summed E-state index contributed by atoms with van der Waals surface area (Å²) in [6.45, 7) is 7.51. The van der Waals surface area contributed by atoms with Gasteiger partial charge in [-0.1, -0.05) is 0 Å². The van der Waals surface area contributed by atoms with E-state index in [2.05, 4.69) is 0 Å². The highest BCUT2D eigenvalue weighted by molar-refractivity contribution is 5.71. The highest BCUT2D eigenvalue weighted by atomic mass is 16.8. The molecule has 0 aliphatic carbocycles. The Hall–Kier alpha value is -6.03. The monoisotopic (exact) mass is 966 g/mol. The van der Waals surface area contributed by atoms with Gasteiger partial charge in [0.2, 0.25) is 12.1 Å². The molecule has 0 radical (unpaired) electrons. The number of hydrogen-bond acceptors (Lipinski definition) is 27. The molecule has 0 aromatic heterocycles. The summed E-state index contributed by atoms with van der Waals surface area (Å²) in [7, 11) is 0. The average molecular weight is 967 g/mol. The molecule has 14 unspecified atom stereocenters. The molecule has 0 spiro atoms. The first kappa shape index (κ1) is 55.3. The quantitative estimate of drug-likeness (QED) is 0.107. The third kappa shape index (κ3) is 16.4. The minimum atomic E-state index is -2.66. The summed E-state index contributed by atoms with van der Waals surface area (Å²) in [5.74, 6) is -13.3. The number of carbonyl (C=O) groups excluding carboxylic acids is 11. The van der Waals surface area contributed by atoms with Gasteiger partial charge in [-0.2, -0.15) is 0 Å². The Morgan fingerprint density at radius 2 is 0.701 bits per heavy atom. The van der Waals surface area contributed by atoms with Crippen LogP contribution in [0.15, 0.2) is 0 Å². The Bertz CT molecular complexity index is 1860. The topological polar surface area (TPSA) is 335 Å². The van der Waals surface area contributed by atoms with Crippen molar-refractivity contribution >= 4 is 65.7 Å². The summed E-state index contributed by atoms with van der Waals surface area (Å²) in [6, 6.07) is 0. The van der Waals surface area contributed by atoms with Crippen molar-refractivity contribution in [3.63, 3.8) is 0 Å². The molecular formula is C40H54O27. The fraction of sp³-hybridized carbons (Fsp3) is 0.725. The second-order valence-electron chi connectivity index (χ2n) is 14.9. The molecule has 27 heteroatoms. The van der Waals surface area contributed by atoms with E-state index < -0.39 is 178 Å². The molecule has 3 rings (SSSR count). The van der Waals surface area contributed by atoms with Gasteiger partial charge in [-0.05, 0) is 0 Å². The Kier molecular flexibility index (Phi) is 20.3. The highest BCUT2D eigenvalue weighted by Crippen LogP contribution is 2.42. The zero-order chi connectivity index (χ0) is 50.5. The minimum Gasteiger partial charge on any atom is -0.463 e. The molecule has 3 heterocycles. The van der Waals surface area contributed by atoms with Gasteiger partial charge < -0.3 is 75.8 Å². The maximum Gasteiger partial charge on any atom is 0.303 e. The molecule has 14 atom stereocenters. The molecule has 0 aromatic rings. The Balaban J connectivity index is 2.28. The summed E-state index contributed by atoms with van der Waals surface area (Å²) >= 11 is 0. The Labute approximate surface area is 382 Å². The van der Waals surface area contributed by atoms with Crippen molar-refractivity contribution in [3.8, 4) is 0 Å². The van der Waals surface area contributed by atoms with Crippen LogP contribution in [0.2, 0.25) is 0 Å². The van der Waals surface area contributed by atoms with Crippen molar-refractivity contribution in [1.82, 2.24) is 0 Å². The number of esters is 11. The second-order valence-corrected chi connectivity index (χ2v) is 14.9. The van der Waals surface area contributed by atoms with Crippen LogP contribution < -0.4 is 0 Å². The average Bonchev–Trinajstić information content (AvgIpc) is 3.44. The van der Waals surface area contributed by atoms with Gasteiger partial charge >= 0.3 is 65.7 Å². The first-order valence-corrected chi connectivity index (χ1v) is 20.3. The van der Waals surface area contributed by atoms with Gasteiger partial charge in [-0.3, -0.25) is 52.7 Å². The van der Waals surface area contributed by atoms with E-state index in [9.17, 15) is 52.7 Å². The molecule has 3 saturated heterocycles. The summed E-state index contributed by atoms with van der Waals surface area (Å²) in [6.07, 6.45) is -23.3. The number of hydrogen-bond donors (Lipinski definition) is 0. The van der Waals surface area contributed by atoms with Gasteiger partial charge in [0, 0.05) is 76.2 Å². The van der Waals surface area contributed by atoms with Gasteiger partial charge in [0.25, 0.3) is 0 Å². The van der Waals surface area contributed by atoms with Gasteiger partial charge in [-0.15, -0.1) is 0 Å². The predicted octanol–water partition coefficient (Wildman–Crippen LogP) is -1.29. The van der Waals surface area contributed by atoms with Crippen molar-refractivity contribution in [1.29, 1.82) is 0 Å². The lowest BCUT2D eigenvalue weighted by atomic mass is 9.97. The van der Waals surface area contributed by atoms with Crippen molar-refractivity contribution in [2.24, 2.45) is 0 Å². The summed E-state index contributed by atoms with van der Waals surface area (Å²) in [5, 5.41) is 0. The summed E-state index contributed by atoms with van der Waals surface area (Å²) in [5.41, 5.74) is 0. The van der Waals surface area contributed by atoms with Crippen LogP contribution in [-0.2, 0) is 129 Å². The van der Waals surface area contributed by atoms with Crippen molar-refractivity contribution in [3.05, 3.63) is 0 Å². The molecule has 0 amide bonds. The van der Waals surface area contributed by atoms with Crippen LogP contribution in [0.5, 0.6) is 0 Å². The first-order valence-electron chi connectivity index (χ1n) is 20.3. The van der Waals surface area contributed by atoms with Gasteiger partial charge in [-0.25, -0.2) is 0 Å². The van der Waals surface area contributed by atoms with E-state index in [0.29, 0.717) is 0 Å². The normalized spacial score (nSPS) is 31.1. The molecule has 376 valence electrons. The summed E-state index contributed by atoms with van der Waals surface area (Å²) < 4.78 is 90.3. The van der Waals surface area contributed by atoms with Crippen LogP contribution in [0.3, 0.4) is 0 Å². The van der Waals surface area contributed by atoms with E-state index in [-0.39, 0.29) is 0 Å². The first-order chi connectivity index (χ1) is 31.2. The lowest BCUT2D eigenvalue weighted by molar-refractivity contribution is -0.388. The van der Waals surface area contributed by atoms with Crippen molar-refractivity contribution in [2.45, 2.75) is 162 Å². The molecule has 0 aromatic carbocycles. The molecule has 3 fully saturated rings. The molecule has 67 heavy (non-hydrogen) atoms. The van der Waals surface area contributed by atoms with E-state index in [1.807, 2.05) is 0 Å². The zero-order valence-electron chi connectivity index (χ0n) is 38.4. The summed E-state index contributed by atoms with van der Waals surface area (Å²) in [4.78, 5) is 137. The molecule has 27 nitrogen and oxygen atoms in total. The van der Waals surface area contributed by atoms with Gasteiger partial charge in [0.1, 0.15) is 38.1 Å². The molecule has 0 saturated carbocycles. The maximum atomic E-state index is 12.8. The molecule has 3 aliphatic rings. The van der Waals surface area contributed by atoms with E-state index >= 15 is 0 Å². The van der Waals surface area contributed by atoms with Gasteiger partial charge in [0.15, 0.2) is 55.1 Å². The van der Waals surface area contributed by atoms with Crippen molar-refractivity contribution < 1.29 is 129 Å². The maximum absolute atomic E-state index is 12.8. The van der Waals surface area contributed by atoms with Crippen LogP contribution in [0.1, 0.15) is 76.2 Å². The molecule has 3 aliphatic heterocycles. The lowest BCUT2D eigenvalue weighted by Gasteiger charge is -2.47.